The zero-order valence-electron chi connectivity index (χ0n) is 10.4. The number of nitrogens with zero attached hydrogens (tertiary/aromatic N) is 1. The van der Waals surface area contributed by atoms with E-state index in [0.717, 1.165) is 38.9 Å². The van der Waals surface area contributed by atoms with Crippen molar-refractivity contribution in [1.29, 1.82) is 0 Å². The van der Waals surface area contributed by atoms with Gasteiger partial charge in [0.1, 0.15) is 9.84 Å². The summed E-state index contributed by atoms with van der Waals surface area (Å²) in [4.78, 5) is 2.35. The lowest BCUT2D eigenvalue weighted by atomic mass is 10.0. The number of rotatable bonds is 6. The van der Waals surface area contributed by atoms with Gasteiger partial charge in [0.2, 0.25) is 0 Å². The van der Waals surface area contributed by atoms with Gasteiger partial charge in [0.05, 0.1) is 5.75 Å². The van der Waals surface area contributed by atoms with Crippen molar-refractivity contribution < 1.29 is 8.42 Å². The van der Waals surface area contributed by atoms with Gasteiger partial charge in [-0.15, -0.1) is 0 Å². The maximum Gasteiger partial charge on any atom is 0.148 e. The molecule has 0 spiro atoms. The van der Waals surface area contributed by atoms with Crippen molar-refractivity contribution in [3.63, 3.8) is 0 Å². The lowest BCUT2D eigenvalue weighted by Gasteiger charge is -2.34. The summed E-state index contributed by atoms with van der Waals surface area (Å²) in [7, 11) is -2.83. The molecule has 96 valence electrons. The van der Waals surface area contributed by atoms with Crippen LogP contribution in [0.15, 0.2) is 0 Å². The molecule has 4 nitrogen and oxygen atoms in total. The van der Waals surface area contributed by atoms with Crippen LogP contribution in [0.4, 0.5) is 0 Å². The van der Waals surface area contributed by atoms with Crippen molar-refractivity contribution in [3.05, 3.63) is 0 Å². The van der Waals surface area contributed by atoms with E-state index in [0.29, 0.717) is 12.6 Å². The summed E-state index contributed by atoms with van der Waals surface area (Å²) >= 11 is 0. The van der Waals surface area contributed by atoms with Crippen LogP contribution in [0.5, 0.6) is 0 Å². The Morgan fingerprint density at radius 2 is 1.88 bits per heavy atom. The van der Waals surface area contributed by atoms with Gasteiger partial charge in [0, 0.05) is 18.8 Å². The molecule has 0 bridgehead atoms. The molecule has 1 fully saturated rings. The van der Waals surface area contributed by atoms with Crippen LogP contribution in [-0.2, 0) is 9.84 Å². The van der Waals surface area contributed by atoms with Gasteiger partial charge in [0.15, 0.2) is 0 Å². The highest BCUT2D eigenvalue weighted by Crippen LogP contribution is 2.12. The number of hydrogen-bond acceptors (Lipinski definition) is 4. The van der Waals surface area contributed by atoms with Gasteiger partial charge in [-0.05, 0) is 38.9 Å². The molecular weight excluding hydrogens is 224 g/mol. The highest BCUT2D eigenvalue weighted by atomic mass is 32.2. The highest BCUT2D eigenvalue weighted by molar-refractivity contribution is 7.90. The van der Waals surface area contributed by atoms with Crippen LogP contribution in [0.1, 0.15) is 26.2 Å². The molecule has 1 heterocycles. The third-order valence-corrected chi connectivity index (χ3v) is 4.01. The van der Waals surface area contributed by atoms with Crippen molar-refractivity contribution in [1.82, 2.24) is 10.2 Å². The summed E-state index contributed by atoms with van der Waals surface area (Å²) in [6.07, 6.45) is 4.70. The second-order valence-electron chi connectivity index (χ2n) is 4.65. The molecule has 1 saturated heterocycles. The quantitative estimate of drug-likeness (QED) is 0.743. The Morgan fingerprint density at radius 3 is 2.38 bits per heavy atom. The Balaban J connectivity index is 2.45. The number of hydrogen-bond donors (Lipinski definition) is 1. The van der Waals surface area contributed by atoms with E-state index in [-0.39, 0.29) is 5.75 Å². The van der Waals surface area contributed by atoms with Crippen molar-refractivity contribution in [2.24, 2.45) is 0 Å². The average molecular weight is 248 g/mol. The first-order valence-electron chi connectivity index (χ1n) is 6.15. The fourth-order valence-electron chi connectivity index (χ4n) is 2.22. The van der Waals surface area contributed by atoms with E-state index in [1.165, 1.54) is 6.26 Å². The Kier molecular flexibility index (Phi) is 5.72. The van der Waals surface area contributed by atoms with E-state index >= 15 is 0 Å². The SMILES string of the molecule is CCCN(CCS(C)(=O)=O)C1CCNCC1. The Morgan fingerprint density at radius 1 is 1.25 bits per heavy atom. The Hall–Kier alpha value is -0.130. The first kappa shape index (κ1) is 13.9. The number of sulfone groups is 1. The Labute approximate surface area is 99.3 Å². The molecule has 0 atom stereocenters. The molecule has 1 aliphatic heterocycles. The van der Waals surface area contributed by atoms with Crippen LogP contribution in [-0.4, -0.2) is 57.5 Å². The van der Waals surface area contributed by atoms with E-state index in [1.807, 2.05) is 0 Å². The van der Waals surface area contributed by atoms with E-state index in [9.17, 15) is 8.42 Å². The summed E-state index contributed by atoms with van der Waals surface area (Å²) in [6, 6.07) is 0.572. The number of piperidine rings is 1. The summed E-state index contributed by atoms with van der Waals surface area (Å²) in [5, 5.41) is 3.34. The first-order valence-corrected chi connectivity index (χ1v) is 8.21. The fourth-order valence-corrected chi connectivity index (χ4v) is 2.79. The van der Waals surface area contributed by atoms with E-state index in [4.69, 9.17) is 0 Å². The van der Waals surface area contributed by atoms with Crippen LogP contribution in [0.3, 0.4) is 0 Å². The smallest absolute Gasteiger partial charge is 0.148 e. The van der Waals surface area contributed by atoms with Crippen molar-refractivity contribution in [3.8, 4) is 0 Å². The zero-order valence-corrected chi connectivity index (χ0v) is 11.2. The second kappa shape index (κ2) is 6.57. The maximum absolute atomic E-state index is 11.2. The minimum atomic E-state index is -2.83. The van der Waals surface area contributed by atoms with Crippen LogP contribution < -0.4 is 5.32 Å². The van der Waals surface area contributed by atoms with Crippen molar-refractivity contribution >= 4 is 9.84 Å². The molecule has 5 heteroatoms. The normalized spacial score (nSPS) is 19.2. The lowest BCUT2D eigenvalue weighted by molar-refractivity contribution is 0.171. The number of nitrogens with one attached hydrogen (secondary N) is 1. The van der Waals surface area contributed by atoms with E-state index in [1.54, 1.807) is 0 Å². The molecule has 1 aliphatic rings. The molecule has 0 aliphatic carbocycles. The average Bonchev–Trinajstić information content (AvgIpc) is 2.24. The molecule has 0 aromatic rings. The van der Waals surface area contributed by atoms with Gasteiger partial charge in [-0.3, -0.25) is 4.90 Å². The van der Waals surface area contributed by atoms with Gasteiger partial charge >= 0.3 is 0 Å². The predicted molar refractivity (Wildman–Crippen MR) is 67.5 cm³/mol. The first-order chi connectivity index (χ1) is 7.53. The lowest BCUT2D eigenvalue weighted by Crippen LogP contribution is -2.45. The maximum atomic E-state index is 11.2. The van der Waals surface area contributed by atoms with Crippen LogP contribution in [0.25, 0.3) is 0 Å². The minimum absolute atomic E-state index is 0.289. The van der Waals surface area contributed by atoms with Gasteiger partial charge in [-0.2, -0.15) is 0 Å². The molecule has 1 N–H and O–H groups in total. The molecule has 0 amide bonds. The molecule has 1 rings (SSSR count). The predicted octanol–water partition coefficient (Wildman–Crippen LogP) is 0.495. The van der Waals surface area contributed by atoms with Crippen molar-refractivity contribution in [2.75, 3.05) is 38.2 Å². The van der Waals surface area contributed by atoms with Gasteiger partial charge in [0.25, 0.3) is 0 Å². The largest absolute Gasteiger partial charge is 0.317 e. The topological polar surface area (TPSA) is 49.4 Å². The summed E-state index contributed by atoms with van der Waals surface area (Å²) in [6.45, 7) is 5.97. The van der Waals surface area contributed by atoms with Crippen LogP contribution >= 0.6 is 0 Å². The van der Waals surface area contributed by atoms with E-state index < -0.39 is 9.84 Å². The third kappa shape index (κ3) is 5.27. The monoisotopic (exact) mass is 248 g/mol. The second-order valence-corrected chi connectivity index (χ2v) is 6.91. The minimum Gasteiger partial charge on any atom is -0.317 e. The molecule has 0 radical (unpaired) electrons. The standard InChI is InChI=1S/C11H24N2O2S/c1-3-8-13(9-10-16(2,14)15)11-4-6-12-7-5-11/h11-12H,3-10H2,1-2H3. The Bertz CT molecular complexity index is 284. The van der Waals surface area contributed by atoms with Gasteiger partial charge < -0.3 is 5.32 Å². The van der Waals surface area contributed by atoms with Crippen LogP contribution in [0, 0.1) is 0 Å². The summed E-state index contributed by atoms with van der Waals surface area (Å²) < 4.78 is 22.4. The molecular formula is C11H24N2O2S. The van der Waals surface area contributed by atoms with Gasteiger partial charge in [-0.1, -0.05) is 6.92 Å². The molecule has 0 aromatic heterocycles. The van der Waals surface area contributed by atoms with Crippen LogP contribution in [0.2, 0.25) is 0 Å². The van der Waals surface area contributed by atoms with Crippen molar-refractivity contribution in [2.45, 2.75) is 32.2 Å². The fraction of sp³-hybridized carbons (Fsp3) is 1.00. The van der Waals surface area contributed by atoms with E-state index in [2.05, 4.69) is 17.1 Å². The molecule has 0 unspecified atom stereocenters. The molecule has 16 heavy (non-hydrogen) atoms. The zero-order chi connectivity index (χ0) is 12.0. The molecule has 0 aromatic carbocycles. The highest BCUT2D eigenvalue weighted by Gasteiger charge is 2.20. The summed E-state index contributed by atoms with van der Waals surface area (Å²) in [5.74, 6) is 0.289. The molecule has 0 saturated carbocycles. The van der Waals surface area contributed by atoms with Gasteiger partial charge in [-0.25, -0.2) is 8.42 Å². The third-order valence-electron chi connectivity index (χ3n) is 3.09. The summed E-state index contributed by atoms with van der Waals surface area (Å²) in [5.41, 5.74) is 0.